The van der Waals surface area contributed by atoms with Crippen LogP contribution in [0.5, 0.6) is 0 Å². The van der Waals surface area contributed by atoms with Gasteiger partial charge in [0.25, 0.3) is 0 Å². The molecule has 66 valence electrons. The van der Waals surface area contributed by atoms with Gasteiger partial charge in [-0.05, 0) is 18.2 Å². The van der Waals surface area contributed by atoms with Crippen molar-refractivity contribution in [2.24, 2.45) is 0 Å². The van der Waals surface area contributed by atoms with Crippen molar-refractivity contribution in [2.45, 2.75) is 0 Å². The van der Waals surface area contributed by atoms with Gasteiger partial charge in [0.2, 0.25) is 5.12 Å². The van der Waals surface area contributed by atoms with Gasteiger partial charge in [0.15, 0.2) is 0 Å². The van der Waals surface area contributed by atoms with E-state index in [4.69, 9.17) is 0 Å². The lowest BCUT2D eigenvalue weighted by molar-refractivity contribution is 0.109. The van der Waals surface area contributed by atoms with Crippen molar-refractivity contribution >= 4 is 28.8 Å². The van der Waals surface area contributed by atoms with Crippen molar-refractivity contribution in [1.82, 2.24) is 9.97 Å². The highest BCUT2D eigenvalue weighted by Crippen LogP contribution is 2.11. The number of nitrogens with one attached hydrogen (secondary N) is 2. The average molecular weight is 194 g/mol. The summed E-state index contributed by atoms with van der Waals surface area (Å²) >= 11 is 3.68. The van der Waals surface area contributed by atoms with E-state index in [1.54, 1.807) is 18.2 Å². The summed E-state index contributed by atoms with van der Waals surface area (Å²) in [4.78, 5) is 26.8. The first-order valence-corrected chi connectivity index (χ1v) is 4.07. The molecule has 4 nitrogen and oxygen atoms in total. The maximum Gasteiger partial charge on any atom is 0.323 e. The average Bonchev–Trinajstić information content (AvgIpc) is 2.42. The van der Waals surface area contributed by atoms with Gasteiger partial charge >= 0.3 is 5.69 Å². The first-order chi connectivity index (χ1) is 6.16. The number of rotatable bonds is 1. The van der Waals surface area contributed by atoms with Gasteiger partial charge in [-0.1, -0.05) is 0 Å². The predicted molar refractivity (Wildman–Crippen MR) is 52.2 cm³/mol. The molecule has 0 bridgehead atoms. The molecule has 0 aliphatic heterocycles. The third kappa shape index (κ3) is 1.38. The van der Waals surface area contributed by atoms with E-state index >= 15 is 0 Å². The number of hydrogen-bond acceptors (Lipinski definition) is 2. The summed E-state index contributed by atoms with van der Waals surface area (Å²) in [5.74, 6) is 0. The molecule has 0 saturated heterocycles. The molecule has 1 heterocycles. The fraction of sp³-hybridized carbons (Fsp3) is 0. The summed E-state index contributed by atoms with van der Waals surface area (Å²) in [6, 6.07) is 4.86. The summed E-state index contributed by atoms with van der Waals surface area (Å²) in [6.07, 6.45) is 0. The van der Waals surface area contributed by atoms with E-state index in [-0.39, 0.29) is 10.8 Å². The maximum atomic E-state index is 10.9. The Balaban J connectivity index is 2.74. The molecule has 0 aliphatic carbocycles. The van der Waals surface area contributed by atoms with E-state index in [1.165, 1.54) is 0 Å². The minimum absolute atomic E-state index is 0.279. The Labute approximate surface area is 78.4 Å². The Morgan fingerprint density at radius 1 is 1.23 bits per heavy atom. The van der Waals surface area contributed by atoms with Crippen molar-refractivity contribution in [1.29, 1.82) is 0 Å². The summed E-state index contributed by atoms with van der Waals surface area (Å²) in [5.41, 5.74) is 1.48. The van der Waals surface area contributed by atoms with E-state index in [1.807, 2.05) is 0 Å². The SMILES string of the molecule is O=C(S)c1ccc2[nH]c(=O)[nH]c2c1. The zero-order valence-electron chi connectivity index (χ0n) is 6.50. The first kappa shape index (κ1) is 8.12. The zero-order valence-corrected chi connectivity index (χ0v) is 7.39. The van der Waals surface area contributed by atoms with Crippen LogP contribution in [0.15, 0.2) is 23.0 Å². The molecule has 0 saturated carbocycles. The number of imidazole rings is 1. The van der Waals surface area contributed by atoms with E-state index in [2.05, 4.69) is 22.6 Å². The number of thiol groups is 1. The van der Waals surface area contributed by atoms with Gasteiger partial charge < -0.3 is 9.97 Å². The molecule has 5 heteroatoms. The van der Waals surface area contributed by atoms with Crippen LogP contribution in [-0.2, 0) is 0 Å². The van der Waals surface area contributed by atoms with Crippen molar-refractivity contribution in [3.8, 4) is 0 Å². The van der Waals surface area contributed by atoms with E-state index in [0.29, 0.717) is 16.6 Å². The van der Waals surface area contributed by atoms with Gasteiger partial charge in [-0.15, -0.1) is 12.6 Å². The van der Waals surface area contributed by atoms with Crippen LogP contribution in [0.1, 0.15) is 10.4 Å². The van der Waals surface area contributed by atoms with Gasteiger partial charge in [0, 0.05) is 5.56 Å². The quantitative estimate of drug-likeness (QED) is 0.591. The molecule has 13 heavy (non-hydrogen) atoms. The molecule has 2 rings (SSSR count). The molecule has 0 aliphatic rings. The molecule has 0 atom stereocenters. The van der Waals surface area contributed by atoms with Gasteiger partial charge in [-0.3, -0.25) is 4.79 Å². The van der Waals surface area contributed by atoms with E-state index in [9.17, 15) is 9.59 Å². The highest BCUT2D eigenvalue weighted by Gasteiger charge is 2.02. The van der Waals surface area contributed by atoms with Crippen LogP contribution in [0.25, 0.3) is 11.0 Å². The Morgan fingerprint density at radius 3 is 2.62 bits per heavy atom. The molecule has 0 spiro atoms. The van der Waals surface area contributed by atoms with Crippen molar-refractivity contribution in [2.75, 3.05) is 0 Å². The molecule has 1 aromatic carbocycles. The zero-order chi connectivity index (χ0) is 9.42. The van der Waals surface area contributed by atoms with Gasteiger partial charge in [-0.25, -0.2) is 4.79 Å². The normalized spacial score (nSPS) is 10.5. The highest BCUT2D eigenvalue weighted by molar-refractivity contribution is 7.97. The molecule has 2 N–H and O–H groups in total. The number of H-pyrrole nitrogens is 2. The Bertz CT molecular complexity index is 526. The number of hydrogen-bond donors (Lipinski definition) is 3. The van der Waals surface area contributed by atoms with Crippen molar-refractivity contribution in [3.05, 3.63) is 34.2 Å². The van der Waals surface area contributed by atoms with Gasteiger partial charge in [0.05, 0.1) is 11.0 Å². The summed E-state index contributed by atoms with van der Waals surface area (Å²) < 4.78 is 0. The second-order valence-corrected chi connectivity index (χ2v) is 3.05. The standard InChI is InChI=1S/C8H6N2O2S/c11-7(13)4-1-2-5-6(3-4)10-8(12)9-5/h1-3H,(H,11,13)(H2,9,10,12). The molecule has 0 amide bonds. The first-order valence-electron chi connectivity index (χ1n) is 3.62. The Hall–Kier alpha value is -1.49. The number of benzene rings is 1. The summed E-state index contributed by atoms with van der Waals surface area (Å²) in [5, 5.41) is -0.316. The van der Waals surface area contributed by atoms with Crippen LogP contribution < -0.4 is 5.69 Å². The second-order valence-electron chi connectivity index (χ2n) is 2.64. The smallest absolute Gasteiger partial charge is 0.306 e. The largest absolute Gasteiger partial charge is 0.323 e. The van der Waals surface area contributed by atoms with Crippen LogP contribution in [0.2, 0.25) is 0 Å². The van der Waals surface area contributed by atoms with Crippen LogP contribution in [-0.4, -0.2) is 15.1 Å². The Morgan fingerprint density at radius 2 is 1.92 bits per heavy atom. The minimum atomic E-state index is -0.316. The van der Waals surface area contributed by atoms with Crippen LogP contribution in [0, 0.1) is 0 Å². The number of carbonyl (C=O) groups is 1. The van der Waals surface area contributed by atoms with Crippen LogP contribution in [0.3, 0.4) is 0 Å². The summed E-state index contributed by atoms with van der Waals surface area (Å²) in [7, 11) is 0. The van der Waals surface area contributed by atoms with E-state index < -0.39 is 0 Å². The molecule has 0 radical (unpaired) electrons. The van der Waals surface area contributed by atoms with Crippen LogP contribution >= 0.6 is 12.6 Å². The second kappa shape index (κ2) is 2.77. The molecule has 1 aromatic heterocycles. The maximum absolute atomic E-state index is 10.9. The van der Waals surface area contributed by atoms with Crippen LogP contribution in [0.4, 0.5) is 0 Å². The third-order valence-electron chi connectivity index (χ3n) is 1.76. The van der Waals surface area contributed by atoms with Crippen molar-refractivity contribution in [3.63, 3.8) is 0 Å². The fourth-order valence-corrected chi connectivity index (χ4v) is 1.30. The number of carbonyl (C=O) groups excluding carboxylic acids is 1. The number of aromatic nitrogens is 2. The van der Waals surface area contributed by atoms with Gasteiger partial charge in [-0.2, -0.15) is 0 Å². The molecule has 0 unspecified atom stereocenters. The molecule has 2 aromatic rings. The lowest BCUT2D eigenvalue weighted by atomic mass is 10.2. The highest BCUT2D eigenvalue weighted by atomic mass is 32.1. The third-order valence-corrected chi connectivity index (χ3v) is 2.02. The molecular formula is C8H6N2O2S. The number of fused-ring (bicyclic) bond motifs is 1. The molecule has 0 fully saturated rings. The summed E-state index contributed by atoms with van der Waals surface area (Å²) in [6.45, 7) is 0. The van der Waals surface area contributed by atoms with Crippen molar-refractivity contribution < 1.29 is 4.79 Å². The topological polar surface area (TPSA) is 65.7 Å². The fourth-order valence-electron chi connectivity index (χ4n) is 1.17. The monoisotopic (exact) mass is 194 g/mol. The molecular weight excluding hydrogens is 188 g/mol. The lowest BCUT2D eigenvalue weighted by Crippen LogP contribution is -1.99. The number of aromatic amines is 2. The lowest BCUT2D eigenvalue weighted by Gasteiger charge is -1.92. The van der Waals surface area contributed by atoms with E-state index in [0.717, 1.165) is 0 Å². The minimum Gasteiger partial charge on any atom is -0.306 e. The van der Waals surface area contributed by atoms with Gasteiger partial charge in [0.1, 0.15) is 0 Å². The predicted octanol–water partition coefficient (Wildman–Crippen LogP) is 0.926. The Kier molecular flexibility index (Phi) is 1.73.